The molecule has 5 nitrogen and oxygen atoms in total. The Morgan fingerprint density at radius 2 is 2.00 bits per heavy atom. The Morgan fingerprint density at radius 3 is 2.88 bits per heavy atom. The van der Waals surface area contributed by atoms with Crippen LogP contribution in [0.2, 0.25) is 0 Å². The number of hydrogen-bond acceptors (Lipinski definition) is 5. The molecule has 1 saturated heterocycles. The molecule has 3 aliphatic heterocycles. The summed E-state index contributed by atoms with van der Waals surface area (Å²) >= 11 is 1.87. The van der Waals surface area contributed by atoms with Gasteiger partial charge in [0.25, 0.3) is 5.91 Å². The highest BCUT2D eigenvalue weighted by Gasteiger charge is 2.47. The van der Waals surface area contributed by atoms with E-state index in [1.54, 1.807) is 0 Å². The zero-order valence-corrected chi connectivity index (χ0v) is 13.8. The summed E-state index contributed by atoms with van der Waals surface area (Å²) in [6.07, 6.45) is 0.909. The van der Waals surface area contributed by atoms with Crippen molar-refractivity contribution in [3.63, 3.8) is 0 Å². The smallest absolute Gasteiger partial charge is 0.262 e. The fraction of sp³-hybridized carbons (Fsp3) is 0.278. The molecule has 0 unspecified atom stereocenters. The van der Waals surface area contributed by atoms with Crippen LogP contribution >= 0.6 is 11.8 Å². The Kier molecular flexibility index (Phi) is 2.97. The molecule has 24 heavy (non-hydrogen) atoms. The fourth-order valence-electron chi connectivity index (χ4n) is 3.62. The first kappa shape index (κ1) is 14.0. The molecule has 6 heteroatoms. The molecule has 122 valence electrons. The van der Waals surface area contributed by atoms with Gasteiger partial charge in [0.2, 0.25) is 6.79 Å². The Hall–Kier alpha value is -2.34. The predicted molar refractivity (Wildman–Crippen MR) is 94.1 cm³/mol. The van der Waals surface area contributed by atoms with Crippen molar-refractivity contribution in [1.82, 2.24) is 0 Å². The summed E-state index contributed by atoms with van der Waals surface area (Å²) in [6.45, 7) is 0.231. The molecule has 0 saturated carbocycles. The van der Waals surface area contributed by atoms with E-state index in [-0.39, 0.29) is 18.4 Å². The number of anilines is 2. The van der Waals surface area contributed by atoms with Crippen LogP contribution in [0.5, 0.6) is 11.5 Å². The first-order chi connectivity index (χ1) is 11.8. The molecule has 0 aromatic heterocycles. The predicted octanol–water partition coefficient (Wildman–Crippen LogP) is 3.32. The van der Waals surface area contributed by atoms with Gasteiger partial charge in [-0.3, -0.25) is 9.69 Å². The van der Waals surface area contributed by atoms with Crippen molar-refractivity contribution in [2.45, 2.75) is 12.1 Å². The third kappa shape index (κ3) is 1.92. The monoisotopic (exact) mass is 340 g/mol. The molecule has 0 radical (unpaired) electrons. The van der Waals surface area contributed by atoms with Crippen LogP contribution in [0.25, 0.3) is 0 Å². The molecule has 2 aromatic carbocycles. The first-order valence-electron chi connectivity index (χ1n) is 7.96. The van der Waals surface area contributed by atoms with E-state index in [2.05, 4.69) is 5.32 Å². The van der Waals surface area contributed by atoms with Gasteiger partial charge in [0.1, 0.15) is 5.66 Å². The van der Waals surface area contributed by atoms with Gasteiger partial charge in [-0.2, -0.15) is 11.8 Å². The van der Waals surface area contributed by atoms with Gasteiger partial charge in [0, 0.05) is 17.5 Å². The number of benzene rings is 2. The van der Waals surface area contributed by atoms with Crippen molar-refractivity contribution in [2.24, 2.45) is 0 Å². The lowest BCUT2D eigenvalue weighted by molar-refractivity contribution is 0.0959. The number of para-hydroxylation sites is 1. The lowest BCUT2D eigenvalue weighted by atomic mass is 9.97. The molecule has 1 amide bonds. The minimum Gasteiger partial charge on any atom is -0.454 e. The van der Waals surface area contributed by atoms with Crippen LogP contribution in [-0.4, -0.2) is 29.9 Å². The van der Waals surface area contributed by atoms with E-state index in [0.29, 0.717) is 11.3 Å². The standard InChI is InChI=1S/C18H16N2O3S/c21-17-13-3-1-2-4-14(13)19-18(7-8-24-10-18)20(17)12-5-6-15-16(9-12)23-11-22-15/h1-6,9,19H,7-8,10-11H2/t18-/m0/s1. The van der Waals surface area contributed by atoms with E-state index in [1.807, 2.05) is 59.1 Å². The number of thioether (sulfide) groups is 1. The molecule has 5 rings (SSSR count). The Balaban J connectivity index is 1.66. The SMILES string of the molecule is O=C1c2ccccc2N[C@@]2(CCSC2)N1c1ccc2c(c1)OCO2. The zero-order valence-electron chi connectivity index (χ0n) is 13.0. The molecule has 3 heterocycles. The van der Waals surface area contributed by atoms with E-state index in [4.69, 9.17) is 9.47 Å². The first-order valence-corrected chi connectivity index (χ1v) is 9.12. The molecular weight excluding hydrogens is 324 g/mol. The number of carbonyl (C=O) groups is 1. The Morgan fingerprint density at radius 1 is 1.12 bits per heavy atom. The van der Waals surface area contributed by atoms with E-state index in [1.165, 1.54) is 0 Å². The van der Waals surface area contributed by atoms with Crippen molar-refractivity contribution < 1.29 is 14.3 Å². The molecule has 1 N–H and O–H groups in total. The van der Waals surface area contributed by atoms with Crippen molar-refractivity contribution >= 4 is 29.0 Å². The van der Waals surface area contributed by atoms with E-state index in [9.17, 15) is 4.79 Å². The Labute approximate surface area is 143 Å². The maximum Gasteiger partial charge on any atom is 0.262 e. The van der Waals surface area contributed by atoms with Crippen molar-refractivity contribution in [2.75, 3.05) is 28.5 Å². The summed E-state index contributed by atoms with van der Waals surface area (Å²) in [5.41, 5.74) is 2.08. The number of amides is 1. The van der Waals surface area contributed by atoms with Gasteiger partial charge < -0.3 is 14.8 Å². The van der Waals surface area contributed by atoms with Crippen LogP contribution in [0.4, 0.5) is 11.4 Å². The summed E-state index contributed by atoms with van der Waals surface area (Å²) in [6, 6.07) is 13.4. The number of nitrogens with one attached hydrogen (secondary N) is 1. The topological polar surface area (TPSA) is 50.8 Å². The normalized spacial score (nSPS) is 24.2. The second-order valence-corrected chi connectivity index (χ2v) is 7.29. The van der Waals surface area contributed by atoms with Gasteiger partial charge in [0.05, 0.1) is 11.3 Å². The summed E-state index contributed by atoms with van der Waals surface area (Å²) < 4.78 is 10.9. The zero-order chi connectivity index (χ0) is 16.1. The average molecular weight is 340 g/mol. The summed E-state index contributed by atoms with van der Waals surface area (Å²) in [5.74, 6) is 3.35. The van der Waals surface area contributed by atoms with Gasteiger partial charge in [-0.15, -0.1) is 0 Å². The number of rotatable bonds is 1. The van der Waals surface area contributed by atoms with Crippen LogP contribution in [0, 0.1) is 0 Å². The minimum absolute atomic E-state index is 0.0331. The number of nitrogens with zero attached hydrogens (tertiary/aromatic N) is 1. The van der Waals surface area contributed by atoms with E-state index >= 15 is 0 Å². The van der Waals surface area contributed by atoms with Gasteiger partial charge in [-0.05, 0) is 36.4 Å². The maximum atomic E-state index is 13.3. The fourth-order valence-corrected chi connectivity index (χ4v) is 4.93. The van der Waals surface area contributed by atoms with Gasteiger partial charge >= 0.3 is 0 Å². The third-order valence-corrected chi connectivity index (χ3v) is 5.95. The van der Waals surface area contributed by atoms with Crippen molar-refractivity contribution in [3.8, 4) is 11.5 Å². The van der Waals surface area contributed by atoms with Crippen molar-refractivity contribution in [1.29, 1.82) is 0 Å². The van der Waals surface area contributed by atoms with Gasteiger partial charge in [-0.1, -0.05) is 12.1 Å². The molecule has 1 atom stereocenters. The van der Waals surface area contributed by atoms with E-state index in [0.717, 1.165) is 35.1 Å². The summed E-state index contributed by atoms with van der Waals surface area (Å²) in [5, 5.41) is 3.63. The molecule has 2 aromatic rings. The third-order valence-electron chi connectivity index (χ3n) is 4.77. The highest BCUT2D eigenvalue weighted by atomic mass is 32.2. The summed E-state index contributed by atoms with van der Waals surface area (Å²) in [4.78, 5) is 15.2. The highest BCUT2D eigenvalue weighted by molar-refractivity contribution is 7.99. The van der Waals surface area contributed by atoms with Crippen LogP contribution in [-0.2, 0) is 0 Å². The van der Waals surface area contributed by atoms with Crippen molar-refractivity contribution in [3.05, 3.63) is 48.0 Å². The number of fused-ring (bicyclic) bond motifs is 2. The molecule has 1 fully saturated rings. The van der Waals surface area contributed by atoms with Gasteiger partial charge in [-0.25, -0.2) is 0 Å². The molecule has 0 aliphatic carbocycles. The molecule has 0 bridgehead atoms. The van der Waals surface area contributed by atoms with Crippen LogP contribution in [0.3, 0.4) is 0 Å². The van der Waals surface area contributed by atoms with Crippen LogP contribution in [0.1, 0.15) is 16.8 Å². The average Bonchev–Trinajstić information content (AvgIpc) is 3.24. The molecule has 1 spiro atoms. The highest BCUT2D eigenvalue weighted by Crippen LogP contribution is 2.44. The number of ether oxygens (including phenoxy) is 2. The maximum absolute atomic E-state index is 13.3. The minimum atomic E-state index is -0.385. The van der Waals surface area contributed by atoms with Gasteiger partial charge in [0.15, 0.2) is 11.5 Å². The Bertz CT molecular complexity index is 833. The largest absolute Gasteiger partial charge is 0.454 e. The number of hydrogen-bond donors (Lipinski definition) is 1. The van der Waals surface area contributed by atoms with E-state index < -0.39 is 0 Å². The molecule has 3 aliphatic rings. The number of carbonyl (C=O) groups excluding carboxylic acids is 1. The lowest BCUT2D eigenvalue weighted by Gasteiger charge is -2.46. The second kappa shape index (κ2) is 5.08. The van der Waals surface area contributed by atoms with Crippen LogP contribution in [0.15, 0.2) is 42.5 Å². The van der Waals surface area contributed by atoms with Crippen LogP contribution < -0.4 is 19.7 Å². The summed E-state index contributed by atoms with van der Waals surface area (Å²) in [7, 11) is 0. The molecular formula is C18H16N2O3S. The lowest BCUT2D eigenvalue weighted by Crippen LogP contribution is -2.60. The second-order valence-electron chi connectivity index (χ2n) is 6.18. The quantitative estimate of drug-likeness (QED) is 0.863.